The van der Waals surface area contributed by atoms with Crippen LogP contribution in [0.1, 0.15) is 60.3 Å². The van der Waals surface area contributed by atoms with E-state index in [1.54, 1.807) is 0 Å². The molecule has 1 saturated heterocycles. The predicted molar refractivity (Wildman–Crippen MR) is 91.3 cm³/mol. The molecule has 0 aromatic heterocycles. The molecule has 0 aliphatic carbocycles. The Kier molecular flexibility index (Phi) is 7.82. The van der Waals surface area contributed by atoms with Gasteiger partial charge in [-0.25, -0.2) is 4.79 Å². The van der Waals surface area contributed by atoms with E-state index < -0.39 is 5.60 Å². The number of rotatable bonds is 8. The van der Waals surface area contributed by atoms with Crippen LogP contribution < -0.4 is 10.6 Å². The Hall–Kier alpha value is -1.30. The van der Waals surface area contributed by atoms with E-state index in [-0.39, 0.29) is 18.0 Å². The van der Waals surface area contributed by atoms with Crippen LogP contribution in [0.5, 0.6) is 0 Å². The van der Waals surface area contributed by atoms with Gasteiger partial charge in [-0.1, -0.05) is 0 Å². The first kappa shape index (κ1) is 19.7. The number of nitrogens with zero attached hydrogens (tertiary/aromatic N) is 1. The van der Waals surface area contributed by atoms with Gasteiger partial charge in [0.1, 0.15) is 5.60 Å². The fourth-order valence-corrected chi connectivity index (χ4v) is 2.74. The summed E-state index contributed by atoms with van der Waals surface area (Å²) in [6.45, 7) is 12.3. The molecule has 6 heteroatoms. The lowest BCUT2D eigenvalue weighted by Gasteiger charge is -2.24. The quantitative estimate of drug-likeness (QED) is 0.671. The molecule has 0 bridgehead atoms. The number of carbonyl (C=O) groups excluding carboxylic acids is 2. The van der Waals surface area contributed by atoms with Crippen LogP contribution in [0, 0.1) is 0 Å². The third kappa shape index (κ3) is 8.79. The Morgan fingerprint density at radius 2 is 2.00 bits per heavy atom. The van der Waals surface area contributed by atoms with E-state index in [0.717, 1.165) is 38.9 Å². The Morgan fingerprint density at radius 1 is 1.30 bits per heavy atom. The lowest BCUT2D eigenvalue weighted by atomic mass is 10.1. The highest BCUT2D eigenvalue weighted by atomic mass is 16.6. The van der Waals surface area contributed by atoms with Gasteiger partial charge in [-0.15, -0.1) is 0 Å². The van der Waals surface area contributed by atoms with Crippen LogP contribution in [0.4, 0.5) is 4.79 Å². The molecule has 0 radical (unpaired) electrons. The summed E-state index contributed by atoms with van der Waals surface area (Å²) < 4.78 is 5.25. The maximum absolute atomic E-state index is 11.7. The maximum Gasteiger partial charge on any atom is 0.407 e. The van der Waals surface area contributed by atoms with Gasteiger partial charge in [-0.2, -0.15) is 0 Å². The monoisotopic (exact) mass is 327 g/mol. The minimum absolute atomic E-state index is 0.0486. The molecule has 0 saturated carbocycles. The fourth-order valence-electron chi connectivity index (χ4n) is 2.74. The van der Waals surface area contributed by atoms with Crippen molar-refractivity contribution in [3.63, 3.8) is 0 Å². The molecule has 1 aliphatic heterocycles. The van der Waals surface area contributed by atoms with Crippen molar-refractivity contribution in [1.29, 1.82) is 0 Å². The van der Waals surface area contributed by atoms with Crippen molar-refractivity contribution in [3.05, 3.63) is 0 Å². The number of nitrogens with one attached hydrogen (secondary N) is 2. The highest BCUT2D eigenvalue weighted by Crippen LogP contribution is 2.10. The average Bonchev–Trinajstić information content (AvgIpc) is 2.77. The predicted octanol–water partition coefficient (Wildman–Crippen LogP) is 2.28. The molecular weight excluding hydrogens is 294 g/mol. The van der Waals surface area contributed by atoms with E-state index >= 15 is 0 Å². The molecule has 0 unspecified atom stereocenters. The second-order valence-electron chi connectivity index (χ2n) is 7.48. The van der Waals surface area contributed by atoms with Crippen LogP contribution in [-0.2, 0) is 9.53 Å². The first-order valence-corrected chi connectivity index (χ1v) is 8.68. The molecule has 2 amide bonds. The molecule has 134 valence electrons. The SMILES string of the molecule is C[C@H](C[C@@H](C)NC(=O)OC(C)(C)C)NCCCN1CCCC1=O. The van der Waals surface area contributed by atoms with Gasteiger partial charge in [0.2, 0.25) is 5.91 Å². The van der Waals surface area contributed by atoms with Crippen molar-refractivity contribution in [3.8, 4) is 0 Å². The van der Waals surface area contributed by atoms with Gasteiger partial charge in [-0.3, -0.25) is 4.79 Å². The van der Waals surface area contributed by atoms with Crippen molar-refractivity contribution in [1.82, 2.24) is 15.5 Å². The van der Waals surface area contributed by atoms with Crippen LogP contribution >= 0.6 is 0 Å². The van der Waals surface area contributed by atoms with Gasteiger partial charge in [0.05, 0.1) is 0 Å². The number of hydrogen-bond acceptors (Lipinski definition) is 4. The van der Waals surface area contributed by atoms with Crippen LogP contribution in [0.25, 0.3) is 0 Å². The Morgan fingerprint density at radius 3 is 2.57 bits per heavy atom. The van der Waals surface area contributed by atoms with E-state index in [0.29, 0.717) is 12.5 Å². The normalized spacial score (nSPS) is 18.0. The van der Waals surface area contributed by atoms with Crippen molar-refractivity contribution in [2.45, 2.75) is 78.0 Å². The van der Waals surface area contributed by atoms with Gasteiger partial charge in [0.15, 0.2) is 0 Å². The summed E-state index contributed by atoms with van der Waals surface area (Å²) in [6.07, 6.45) is 3.13. The third-order valence-corrected chi connectivity index (χ3v) is 3.74. The number of likely N-dealkylation sites (tertiary alicyclic amines) is 1. The minimum atomic E-state index is -0.472. The number of ether oxygens (including phenoxy) is 1. The summed E-state index contributed by atoms with van der Waals surface area (Å²) in [6, 6.07) is 0.349. The van der Waals surface area contributed by atoms with E-state index in [4.69, 9.17) is 4.74 Å². The van der Waals surface area contributed by atoms with Crippen LogP contribution in [0.3, 0.4) is 0 Å². The molecule has 1 rings (SSSR count). The van der Waals surface area contributed by atoms with Crippen molar-refractivity contribution in [2.75, 3.05) is 19.6 Å². The summed E-state index contributed by atoms with van der Waals surface area (Å²) in [5.74, 6) is 0.285. The minimum Gasteiger partial charge on any atom is -0.444 e. The van der Waals surface area contributed by atoms with Crippen molar-refractivity contribution >= 4 is 12.0 Å². The maximum atomic E-state index is 11.7. The molecule has 0 aromatic carbocycles. The summed E-state index contributed by atoms with van der Waals surface area (Å²) in [5.41, 5.74) is -0.472. The highest BCUT2D eigenvalue weighted by Gasteiger charge is 2.20. The standard InChI is InChI=1S/C17H33N3O3/c1-13(12-14(2)19-16(22)23-17(3,4)5)18-9-7-11-20-10-6-8-15(20)21/h13-14,18H,6-12H2,1-5H3,(H,19,22)/t13-,14-/m1/s1. The largest absolute Gasteiger partial charge is 0.444 e. The number of amides is 2. The Bertz CT molecular complexity index is 393. The van der Waals surface area contributed by atoms with Crippen LogP contribution in [0.15, 0.2) is 0 Å². The van der Waals surface area contributed by atoms with Gasteiger partial charge in [0, 0.05) is 31.6 Å². The summed E-state index contributed by atoms with van der Waals surface area (Å²) in [5, 5.41) is 6.30. The highest BCUT2D eigenvalue weighted by molar-refractivity contribution is 5.77. The summed E-state index contributed by atoms with van der Waals surface area (Å²) in [4.78, 5) is 25.1. The number of carbonyl (C=O) groups is 2. The molecule has 1 aliphatic rings. The first-order chi connectivity index (χ1) is 10.7. The van der Waals surface area contributed by atoms with Crippen molar-refractivity contribution in [2.24, 2.45) is 0 Å². The zero-order valence-electron chi connectivity index (χ0n) is 15.3. The van der Waals surface area contributed by atoms with Crippen LogP contribution in [-0.4, -0.2) is 54.2 Å². The number of hydrogen-bond donors (Lipinski definition) is 2. The van der Waals surface area contributed by atoms with Crippen molar-refractivity contribution < 1.29 is 14.3 Å². The van der Waals surface area contributed by atoms with E-state index in [1.165, 1.54) is 0 Å². The lowest BCUT2D eigenvalue weighted by molar-refractivity contribution is -0.127. The molecule has 23 heavy (non-hydrogen) atoms. The molecule has 1 heterocycles. The molecular formula is C17H33N3O3. The van der Waals surface area contributed by atoms with Gasteiger partial charge >= 0.3 is 6.09 Å². The number of alkyl carbamates (subject to hydrolysis) is 1. The zero-order valence-corrected chi connectivity index (χ0v) is 15.3. The topological polar surface area (TPSA) is 70.7 Å². The van der Waals surface area contributed by atoms with E-state index in [2.05, 4.69) is 17.6 Å². The average molecular weight is 327 g/mol. The third-order valence-electron chi connectivity index (χ3n) is 3.74. The molecule has 2 N–H and O–H groups in total. The second-order valence-corrected chi connectivity index (χ2v) is 7.48. The Labute approximate surface area is 140 Å². The molecule has 2 atom stereocenters. The second kappa shape index (κ2) is 9.11. The van der Waals surface area contributed by atoms with E-state index in [9.17, 15) is 9.59 Å². The summed E-state index contributed by atoms with van der Waals surface area (Å²) in [7, 11) is 0. The zero-order chi connectivity index (χ0) is 17.5. The van der Waals surface area contributed by atoms with Gasteiger partial charge < -0.3 is 20.3 Å². The first-order valence-electron chi connectivity index (χ1n) is 8.68. The molecule has 6 nitrogen and oxygen atoms in total. The van der Waals surface area contributed by atoms with Gasteiger partial charge in [0.25, 0.3) is 0 Å². The smallest absolute Gasteiger partial charge is 0.407 e. The molecule has 0 spiro atoms. The molecule has 1 fully saturated rings. The summed E-state index contributed by atoms with van der Waals surface area (Å²) >= 11 is 0. The van der Waals surface area contributed by atoms with Gasteiger partial charge in [-0.05, 0) is 60.4 Å². The lowest BCUT2D eigenvalue weighted by Crippen LogP contribution is -2.41. The molecule has 0 aromatic rings. The Balaban J connectivity index is 2.11. The van der Waals surface area contributed by atoms with Crippen LogP contribution in [0.2, 0.25) is 0 Å². The van der Waals surface area contributed by atoms with E-state index in [1.807, 2.05) is 32.6 Å². The fraction of sp³-hybridized carbons (Fsp3) is 0.882.